The van der Waals surface area contributed by atoms with E-state index in [2.05, 4.69) is 9.97 Å². The first kappa shape index (κ1) is 20.3. The van der Waals surface area contributed by atoms with Crippen LogP contribution in [-0.2, 0) is 6.42 Å². The van der Waals surface area contributed by atoms with Crippen LogP contribution in [0, 0.1) is 5.92 Å². The van der Waals surface area contributed by atoms with Crippen LogP contribution in [0.1, 0.15) is 50.0 Å². The van der Waals surface area contributed by atoms with E-state index < -0.39 is 12.1 Å². The maximum Gasteiger partial charge on any atom is 0.391 e. The second kappa shape index (κ2) is 7.72. The van der Waals surface area contributed by atoms with Gasteiger partial charge in [-0.05, 0) is 50.3 Å². The third kappa shape index (κ3) is 3.80. The number of halogens is 4. The van der Waals surface area contributed by atoms with Gasteiger partial charge in [-0.1, -0.05) is 18.5 Å². The highest BCUT2D eigenvalue weighted by molar-refractivity contribution is 7.16. The van der Waals surface area contributed by atoms with Gasteiger partial charge >= 0.3 is 6.18 Å². The van der Waals surface area contributed by atoms with Crippen molar-refractivity contribution in [1.29, 1.82) is 0 Å². The smallest absolute Gasteiger partial charge is 0.267 e. The van der Waals surface area contributed by atoms with Crippen molar-refractivity contribution in [2.45, 2.75) is 51.1 Å². The summed E-state index contributed by atoms with van der Waals surface area (Å²) in [7, 11) is 0. The van der Waals surface area contributed by atoms with Gasteiger partial charge in [-0.2, -0.15) is 13.2 Å². The molecule has 4 rings (SSSR count). The number of hydrogen-bond donors (Lipinski definition) is 0. The predicted molar refractivity (Wildman–Crippen MR) is 108 cm³/mol. The first-order valence-corrected chi connectivity index (χ1v) is 10.8. The van der Waals surface area contributed by atoms with E-state index in [1.165, 1.54) is 15.9 Å². The van der Waals surface area contributed by atoms with Crippen LogP contribution < -0.4 is 5.56 Å². The zero-order chi connectivity index (χ0) is 20.8. The molecule has 1 fully saturated rings. The van der Waals surface area contributed by atoms with E-state index in [0.717, 1.165) is 10.2 Å². The zero-order valence-corrected chi connectivity index (χ0v) is 17.2. The average molecular weight is 442 g/mol. The van der Waals surface area contributed by atoms with Gasteiger partial charge in [0.25, 0.3) is 5.56 Å². The summed E-state index contributed by atoms with van der Waals surface area (Å²) in [5.41, 5.74) is 3.26. The number of aromatic nitrogens is 3. The fraction of sp³-hybridized carbons (Fsp3) is 0.450. The molecule has 2 heterocycles. The standard InChI is InChI=1S/C20H19ClF3N3OS/c1-2-14-17(21)19(28)27(13-7-8-15-16(9-13)29-10-25-15)18(26-14)11-3-5-12(6-4-11)20(22,23)24/h7-12H,2-6H2,1H3. The van der Waals surface area contributed by atoms with Gasteiger partial charge in [0.1, 0.15) is 10.8 Å². The van der Waals surface area contributed by atoms with E-state index in [1.807, 2.05) is 19.1 Å². The SMILES string of the molecule is CCc1nc(C2CCC(C(F)(F)F)CC2)n(-c2ccc3ncsc3c2)c(=O)c1Cl. The van der Waals surface area contributed by atoms with Crippen LogP contribution in [0.15, 0.2) is 28.5 Å². The van der Waals surface area contributed by atoms with Gasteiger partial charge in [-0.3, -0.25) is 9.36 Å². The van der Waals surface area contributed by atoms with Crippen LogP contribution in [0.25, 0.3) is 15.9 Å². The summed E-state index contributed by atoms with van der Waals surface area (Å²) in [6.45, 7) is 1.85. The average Bonchev–Trinajstić information content (AvgIpc) is 3.17. The Bertz CT molecular complexity index is 1100. The summed E-state index contributed by atoms with van der Waals surface area (Å²) in [5, 5.41) is 0.0598. The highest BCUT2D eigenvalue weighted by Gasteiger charge is 2.42. The molecule has 0 atom stereocenters. The summed E-state index contributed by atoms with van der Waals surface area (Å²) in [6.07, 6.45) is -2.93. The van der Waals surface area contributed by atoms with Crippen molar-refractivity contribution in [3.8, 4) is 5.69 Å². The molecule has 0 aliphatic heterocycles. The molecule has 154 valence electrons. The summed E-state index contributed by atoms with van der Waals surface area (Å²) < 4.78 is 41.6. The minimum atomic E-state index is -4.18. The van der Waals surface area contributed by atoms with E-state index in [9.17, 15) is 18.0 Å². The van der Waals surface area contributed by atoms with Crippen molar-refractivity contribution < 1.29 is 13.2 Å². The second-order valence-corrected chi connectivity index (χ2v) is 8.58. The molecule has 0 spiro atoms. The van der Waals surface area contributed by atoms with Crippen molar-refractivity contribution in [1.82, 2.24) is 14.5 Å². The Balaban J connectivity index is 1.80. The Labute approximate surface area is 174 Å². The van der Waals surface area contributed by atoms with Gasteiger partial charge in [-0.25, -0.2) is 9.97 Å². The van der Waals surface area contributed by atoms with Crippen LogP contribution in [0.4, 0.5) is 13.2 Å². The Morgan fingerprint density at radius 3 is 2.62 bits per heavy atom. The Morgan fingerprint density at radius 2 is 1.97 bits per heavy atom. The molecule has 0 unspecified atom stereocenters. The number of fused-ring (bicyclic) bond motifs is 1. The molecule has 0 saturated heterocycles. The summed E-state index contributed by atoms with van der Waals surface area (Å²) in [6, 6.07) is 5.44. The number of alkyl halides is 3. The van der Waals surface area contributed by atoms with Gasteiger partial charge in [0, 0.05) is 5.92 Å². The van der Waals surface area contributed by atoms with Crippen molar-refractivity contribution in [2.75, 3.05) is 0 Å². The number of hydrogen-bond acceptors (Lipinski definition) is 4. The Kier molecular flexibility index (Phi) is 5.42. The van der Waals surface area contributed by atoms with Crippen LogP contribution in [0.2, 0.25) is 5.02 Å². The van der Waals surface area contributed by atoms with Crippen molar-refractivity contribution in [3.63, 3.8) is 0 Å². The largest absolute Gasteiger partial charge is 0.391 e. The normalized spacial score (nSPS) is 20.3. The van der Waals surface area contributed by atoms with Gasteiger partial charge in [-0.15, -0.1) is 11.3 Å². The molecule has 0 radical (unpaired) electrons. The Hall–Kier alpha value is -1.93. The Morgan fingerprint density at radius 1 is 1.24 bits per heavy atom. The quantitative estimate of drug-likeness (QED) is 0.508. The maximum atomic E-state index is 13.1. The van der Waals surface area contributed by atoms with Crippen molar-refractivity contribution in [2.24, 2.45) is 5.92 Å². The molecular weight excluding hydrogens is 423 g/mol. The summed E-state index contributed by atoms with van der Waals surface area (Å²) >= 11 is 7.74. The fourth-order valence-corrected chi connectivity index (χ4v) is 4.95. The van der Waals surface area contributed by atoms with Gasteiger partial charge in [0.05, 0.1) is 33.0 Å². The molecule has 0 N–H and O–H groups in total. The summed E-state index contributed by atoms with van der Waals surface area (Å²) in [4.78, 5) is 22.0. The first-order chi connectivity index (χ1) is 13.8. The molecule has 0 amide bonds. The molecule has 0 bridgehead atoms. The highest BCUT2D eigenvalue weighted by atomic mass is 35.5. The highest BCUT2D eigenvalue weighted by Crippen LogP contribution is 2.42. The molecule has 4 nitrogen and oxygen atoms in total. The van der Waals surface area contributed by atoms with Crippen LogP contribution in [0.3, 0.4) is 0 Å². The number of thiazole rings is 1. The number of benzene rings is 1. The van der Waals surface area contributed by atoms with Crippen LogP contribution >= 0.6 is 22.9 Å². The lowest BCUT2D eigenvalue weighted by atomic mass is 9.81. The minimum absolute atomic E-state index is 0.0437. The number of aryl methyl sites for hydroxylation is 1. The second-order valence-electron chi connectivity index (χ2n) is 7.32. The monoisotopic (exact) mass is 441 g/mol. The van der Waals surface area contributed by atoms with Crippen LogP contribution in [0.5, 0.6) is 0 Å². The van der Waals surface area contributed by atoms with Crippen molar-refractivity contribution >= 4 is 33.2 Å². The van der Waals surface area contributed by atoms with E-state index in [0.29, 0.717) is 36.5 Å². The number of nitrogens with zero attached hydrogens (tertiary/aromatic N) is 3. The molecule has 9 heteroatoms. The third-order valence-corrected chi connectivity index (χ3v) is 6.76. The minimum Gasteiger partial charge on any atom is -0.267 e. The summed E-state index contributed by atoms with van der Waals surface area (Å²) in [5.74, 6) is -1.01. The maximum absolute atomic E-state index is 13.1. The molecule has 1 saturated carbocycles. The lowest BCUT2D eigenvalue weighted by Crippen LogP contribution is -2.31. The predicted octanol–water partition coefficient (Wildman–Crippen LogP) is 5.89. The topological polar surface area (TPSA) is 47.8 Å². The lowest BCUT2D eigenvalue weighted by Gasteiger charge is -2.31. The van der Waals surface area contributed by atoms with E-state index >= 15 is 0 Å². The molecule has 1 aromatic carbocycles. The fourth-order valence-electron chi connectivity index (χ4n) is 3.98. The van der Waals surface area contributed by atoms with E-state index in [-0.39, 0.29) is 29.3 Å². The van der Waals surface area contributed by atoms with Gasteiger partial charge < -0.3 is 0 Å². The molecule has 2 aromatic heterocycles. The van der Waals surface area contributed by atoms with E-state index in [1.54, 1.807) is 11.6 Å². The molecule has 1 aliphatic carbocycles. The van der Waals surface area contributed by atoms with Crippen LogP contribution in [-0.4, -0.2) is 20.7 Å². The molecular formula is C20H19ClF3N3OS. The van der Waals surface area contributed by atoms with Gasteiger partial charge in [0.15, 0.2) is 0 Å². The van der Waals surface area contributed by atoms with E-state index in [4.69, 9.17) is 11.6 Å². The molecule has 3 aromatic rings. The zero-order valence-electron chi connectivity index (χ0n) is 15.7. The van der Waals surface area contributed by atoms with Gasteiger partial charge in [0.2, 0.25) is 0 Å². The number of rotatable bonds is 3. The third-order valence-electron chi connectivity index (χ3n) is 5.59. The molecule has 1 aliphatic rings. The van der Waals surface area contributed by atoms with Crippen molar-refractivity contribution in [3.05, 3.63) is 50.6 Å². The molecule has 29 heavy (non-hydrogen) atoms. The first-order valence-electron chi connectivity index (χ1n) is 9.51. The lowest BCUT2D eigenvalue weighted by molar-refractivity contribution is -0.182.